The Balaban J connectivity index is 2.29. The predicted octanol–water partition coefficient (Wildman–Crippen LogP) is 5.27. The van der Waals surface area contributed by atoms with E-state index in [1.807, 2.05) is 0 Å². The number of hydrogen-bond acceptors (Lipinski definition) is 2. The summed E-state index contributed by atoms with van der Waals surface area (Å²) >= 11 is 4.72. The zero-order chi connectivity index (χ0) is 20.5. The standard InChI is InChI=1S/C16H9F7N2OS/c1-6(26)7-2-4-8(5-3-7)24-15(27)25-14-12(19)10(17)9(16(21,22)23)11(18)13(14)20/h2-5H,1H3,(H2,24,25,27). The van der Waals surface area contributed by atoms with Gasteiger partial charge in [-0.3, -0.25) is 4.79 Å². The van der Waals surface area contributed by atoms with E-state index in [-0.39, 0.29) is 11.5 Å². The monoisotopic (exact) mass is 410 g/mol. The highest BCUT2D eigenvalue weighted by Gasteiger charge is 2.42. The summed E-state index contributed by atoms with van der Waals surface area (Å²) in [5.41, 5.74) is -3.59. The second-order valence-electron chi connectivity index (χ2n) is 5.22. The van der Waals surface area contributed by atoms with E-state index in [4.69, 9.17) is 12.2 Å². The Morgan fingerprint density at radius 3 is 1.78 bits per heavy atom. The second kappa shape index (κ2) is 7.51. The quantitative estimate of drug-likeness (QED) is 0.313. The summed E-state index contributed by atoms with van der Waals surface area (Å²) in [7, 11) is 0. The third-order valence-electron chi connectivity index (χ3n) is 3.33. The van der Waals surface area contributed by atoms with Gasteiger partial charge >= 0.3 is 6.18 Å². The maximum Gasteiger partial charge on any atom is 0.422 e. The minimum Gasteiger partial charge on any atom is -0.332 e. The summed E-state index contributed by atoms with van der Waals surface area (Å²) < 4.78 is 92.4. The number of thiocarbonyl (C=S) groups is 1. The van der Waals surface area contributed by atoms with Crippen molar-refractivity contribution < 1.29 is 35.5 Å². The number of ketones is 1. The number of nitrogens with one attached hydrogen (secondary N) is 2. The third-order valence-corrected chi connectivity index (χ3v) is 3.54. The fraction of sp³-hybridized carbons (Fsp3) is 0.125. The molecular formula is C16H9F7N2OS. The van der Waals surface area contributed by atoms with Crippen molar-refractivity contribution in [3.05, 3.63) is 58.7 Å². The summed E-state index contributed by atoms with van der Waals surface area (Å²) in [4.78, 5) is 11.2. The van der Waals surface area contributed by atoms with E-state index in [1.165, 1.54) is 31.2 Å². The van der Waals surface area contributed by atoms with Crippen LogP contribution in [0.3, 0.4) is 0 Å². The molecule has 2 rings (SSSR count). The number of anilines is 2. The number of halogens is 7. The van der Waals surface area contributed by atoms with Gasteiger partial charge in [0.15, 0.2) is 34.2 Å². The van der Waals surface area contributed by atoms with Crippen molar-refractivity contribution in [2.24, 2.45) is 0 Å². The van der Waals surface area contributed by atoms with Crippen molar-refractivity contribution >= 4 is 34.5 Å². The first-order valence-electron chi connectivity index (χ1n) is 7.05. The van der Waals surface area contributed by atoms with E-state index >= 15 is 0 Å². The van der Waals surface area contributed by atoms with Crippen LogP contribution in [0.25, 0.3) is 0 Å². The molecule has 0 spiro atoms. The van der Waals surface area contributed by atoms with Gasteiger partial charge in [-0.1, -0.05) is 0 Å². The lowest BCUT2D eigenvalue weighted by atomic mass is 10.1. The molecule has 0 atom stereocenters. The van der Waals surface area contributed by atoms with Gasteiger partial charge in [0.25, 0.3) is 0 Å². The Morgan fingerprint density at radius 2 is 1.37 bits per heavy atom. The minimum atomic E-state index is -5.63. The molecule has 2 aromatic carbocycles. The maximum absolute atomic E-state index is 13.8. The Kier molecular flexibility index (Phi) is 5.73. The first-order valence-corrected chi connectivity index (χ1v) is 7.46. The molecule has 0 radical (unpaired) electrons. The van der Waals surface area contributed by atoms with Crippen LogP contribution in [0.4, 0.5) is 42.1 Å². The molecule has 0 heterocycles. The highest BCUT2D eigenvalue weighted by atomic mass is 32.1. The molecule has 0 aliphatic heterocycles. The number of alkyl halides is 3. The zero-order valence-electron chi connectivity index (χ0n) is 13.3. The van der Waals surface area contributed by atoms with E-state index in [0.29, 0.717) is 5.56 Å². The van der Waals surface area contributed by atoms with E-state index in [0.717, 1.165) is 0 Å². The Hall–Kier alpha value is -2.69. The molecule has 0 saturated heterocycles. The summed E-state index contributed by atoms with van der Waals surface area (Å²) in [5.74, 6) is -9.98. The normalized spacial score (nSPS) is 11.3. The Labute approximate surface area is 153 Å². The van der Waals surface area contributed by atoms with Gasteiger partial charge in [0.05, 0.1) is 0 Å². The number of benzene rings is 2. The second-order valence-corrected chi connectivity index (χ2v) is 5.62. The zero-order valence-corrected chi connectivity index (χ0v) is 14.1. The fourth-order valence-corrected chi connectivity index (χ4v) is 2.27. The Morgan fingerprint density at radius 1 is 0.889 bits per heavy atom. The topological polar surface area (TPSA) is 41.1 Å². The average Bonchev–Trinajstić information content (AvgIpc) is 2.56. The van der Waals surface area contributed by atoms with E-state index in [1.54, 1.807) is 5.32 Å². The van der Waals surface area contributed by atoms with Gasteiger partial charge in [-0.25, -0.2) is 17.6 Å². The van der Waals surface area contributed by atoms with E-state index in [2.05, 4.69) is 5.32 Å². The van der Waals surface area contributed by atoms with Crippen LogP contribution in [-0.4, -0.2) is 10.9 Å². The van der Waals surface area contributed by atoms with Gasteiger partial charge in [-0.15, -0.1) is 0 Å². The summed E-state index contributed by atoms with van der Waals surface area (Å²) in [6, 6.07) is 5.58. The van der Waals surface area contributed by atoms with Crippen molar-refractivity contribution in [3.8, 4) is 0 Å². The van der Waals surface area contributed by atoms with Crippen LogP contribution >= 0.6 is 12.2 Å². The first-order chi connectivity index (χ1) is 12.4. The summed E-state index contributed by atoms with van der Waals surface area (Å²) in [6.45, 7) is 1.33. The van der Waals surface area contributed by atoms with Crippen LogP contribution in [0.5, 0.6) is 0 Å². The molecule has 2 N–H and O–H groups in total. The predicted molar refractivity (Wildman–Crippen MR) is 87.6 cm³/mol. The highest BCUT2D eigenvalue weighted by molar-refractivity contribution is 7.80. The van der Waals surface area contributed by atoms with Gasteiger partial charge in [-0.05, 0) is 43.4 Å². The van der Waals surface area contributed by atoms with E-state index in [9.17, 15) is 35.5 Å². The van der Waals surface area contributed by atoms with Gasteiger partial charge in [0.1, 0.15) is 11.3 Å². The molecule has 0 fully saturated rings. The van der Waals surface area contributed by atoms with Crippen LogP contribution in [0.2, 0.25) is 0 Å². The number of rotatable bonds is 3. The molecule has 0 amide bonds. The number of carbonyl (C=O) groups excluding carboxylic acids is 1. The highest BCUT2D eigenvalue weighted by Crippen LogP contribution is 2.38. The largest absolute Gasteiger partial charge is 0.422 e. The number of carbonyl (C=O) groups is 1. The minimum absolute atomic E-state index is 0.220. The molecule has 2 aromatic rings. The number of hydrogen-bond donors (Lipinski definition) is 2. The van der Waals surface area contributed by atoms with Crippen LogP contribution in [-0.2, 0) is 6.18 Å². The molecule has 27 heavy (non-hydrogen) atoms. The molecular weight excluding hydrogens is 401 g/mol. The smallest absolute Gasteiger partial charge is 0.332 e. The third kappa shape index (κ3) is 4.35. The van der Waals surface area contributed by atoms with Crippen molar-refractivity contribution in [2.75, 3.05) is 10.6 Å². The Bertz CT molecular complexity index is 881. The number of Topliss-reactive ketones (excluding diaryl/α,β-unsaturated/α-hetero) is 1. The van der Waals surface area contributed by atoms with Gasteiger partial charge in [0.2, 0.25) is 0 Å². The molecule has 0 saturated carbocycles. The molecule has 0 aliphatic rings. The molecule has 3 nitrogen and oxygen atoms in total. The molecule has 0 unspecified atom stereocenters. The molecule has 0 aliphatic carbocycles. The van der Waals surface area contributed by atoms with Crippen LogP contribution in [0.1, 0.15) is 22.8 Å². The molecule has 144 valence electrons. The van der Waals surface area contributed by atoms with Crippen molar-refractivity contribution in [3.63, 3.8) is 0 Å². The fourth-order valence-electron chi connectivity index (χ4n) is 2.05. The van der Waals surface area contributed by atoms with Crippen LogP contribution < -0.4 is 10.6 Å². The van der Waals surface area contributed by atoms with Crippen LogP contribution in [0.15, 0.2) is 24.3 Å². The van der Waals surface area contributed by atoms with Crippen LogP contribution in [0, 0.1) is 23.3 Å². The molecule has 0 bridgehead atoms. The average molecular weight is 410 g/mol. The SMILES string of the molecule is CC(=O)c1ccc(NC(=S)Nc2c(F)c(F)c(C(F)(F)F)c(F)c2F)cc1. The van der Waals surface area contributed by atoms with Crippen molar-refractivity contribution in [1.29, 1.82) is 0 Å². The lowest BCUT2D eigenvalue weighted by Crippen LogP contribution is -2.23. The van der Waals surface area contributed by atoms with E-state index < -0.39 is 45.8 Å². The first kappa shape index (κ1) is 20.6. The summed E-state index contributed by atoms with van der Waals surface area (Å²) in [6.07, 6.45) is -5.63. The lowest BCUT2D eigenvalue weighted by molar-refractivity contribution is -0.143. The summed E-state index contributed by atoms with van der Waals surface area (Å²) in [5, 5.41) is 3.63. The van der Waals surface area contributed by atoms with Gasteiger partial charge in [-0.2, -0.15) is 13.2 Å². The molecule has 0 aromatic heterocycles. The van der Waals surface area contributed by atoms with Crippen molar-refractivity contribution in [2.45, 2.75) is 13.1 Å². The van der Waals surface area contributed by atoms with Crippen molar-refractivity contribution in [1.82, 2.24) is 0 Å². The van der Waals surface area contributed by atoms with Gasteiger partial charge < -0.3 is 10.6 Å². The maximum atomic E-state index is 13.8. The van der Waals surface area contributed by atoms with Gasteiger partial charge in [0, 0.05) is 11.3 Å². The lowest BCUT2D eigenvalue weighted by Gasteiger charge is -2.16. The molecule has 11 heteroatoms.